The predicted octanol–water partition coefficient (Wildman–Crippen LogP) is 16.0. The molecule has 2 heterocycles. The van der Waals surface area contributed by atoms with Gasteiger partial charge in [-0.3, -0.25) is 0 Å². The molecule has 0 unspecified atom stereocenters. The number of hydrogen-bond donors (Lipinski definition) is 0. The van der Waals surface area contributed by atoms with Crippen molar-refractivity contribution in [2.24, 2.45) is 0 Å². The maximum atomic E-state index is 6.76. The summed E-state index contributed by atoms with van der Waals surface area (Å²) in [4.78, 5) is 4.69. The van der Waals surface area contributed by atoms with Gasteiger partial charge in [0.05, 0.1) is 0 Å². The van der Waals surface area contributed by atoms with Crippen molar-refractivity contribution in [3.63, 3.8) is 0 Å². The summed E-state index contributed by atoms with van der Waals surface area (Å²) in [7, 11) is 0. The summed E-state index contributed by atoms with van der Waals surface area (Å²) in [6.45, 7) is 8.74. The van der Waals surface area contributed by atoms with E-state index >= 15 is 0 Å². The fourth-order valence-corrected chi connectivity index (χ4v) is 8.77. The molecule has 9 aromatic carbocycles. The van der Waals surface area contributed by atoms with Crippen molar-refractivity contribution in [2.45, 2.75) is 27.7 Å². The van der Waals surface area contributed by atoms with Gasteiger partial charge in [-0.15, -0.1) is 0 Å². The Morgan fingerprint density at radius 3 is 1.19 bits per heavy atom. The van der Waals surface area contributed by atoms with Gasteiger partial charge in [-0.05, 0) is 169 Å². The van der Waals surface area contributed by atoms with Crippen LogP contribution in [-0.2, 0) is 0 Å². The minimum Gasteiger partial charge on any atom is -0.452 e. The fourth-order valence-electron chi connectivity index (χ4n) is 8.77. The van der Waals surface area contributed by atoms with Crippen LogP contribution in [0, 0.1) is 27.7 Å². The zero-order chi connectivity index (χ0) is 39.1. The Bertz CT molecular complexity index is 3170. The molecule has 0 aliphatic heterocycles. The molecule has 0 fully saturated rings. The van der Waals surface area contributed by atoms with Crippen LogP contribution < -0.4 is 9.80 Å². The highest BCUT2D eigenvalue weighted by atomic mass is 16.4. The molecule has 0 atom stereocenters. The molecule has 0 spiro atoms. The van der Waals surface area contributed by atoms with Gasteiger partial charge in [-0.2, -0.15) is 0 Å². The average Bonchev–Trinajstić information content (AvgIpc) is 3.80. The van der Waals surface area contributed by atoms with Crippen LogP contribution >= 0.6 is 0 Å². The molecule has 11 rings (SSSR count). The highest BCUT2D eigenvalue weighted by molar-refractivity contribution is 6.21. The first-order valence-corrected chi connectivity index (χ1v) is 19.9. The quantitative estimate of drug-likeness (QED) is 0.170. The number of rotatable bonds is 6. The summed E-state index contributed by atoms with van der Waals surface area (Å²) in [6.07, 6.45) is 0. The molecular weight excluding hydrogens is 709 g/mol. The average molecular weight is 749 g/mol. The van der Waals surface area contributed by atoms with Crippen LogP contribution in [0.4, 0.5) is 34.1 Å². The summed E-state index contributed by atoms with van der Waals surface area (Å²) in [5.41, 5.74) is 15.0. The molecular formula is C54H40N2O2. The summed E-state index contributed by atoms with van der Waals surface area (Å²) < 4.78 is 13.5. The second kappa shape index (κ2) is 13.1. The van der Waals surface area contributed by atoms with Crippen molar-refractivity contribution >= 4 is 99.5 Å². The van der Waals surface area contributed by atoms with Crippen LogP contribution in [0.1, 0.15) is 22.3 Å². The summed E-state index contributed by atoms with van der Waals surface area (Å²) in [5.74, 6) is 0. The van der Waals surface area contributed by atoms with E-state index in [1.165, 1.54) is 33.6 Å². The highest BCUT2D eigenvalue weighted by Gasteiger charge is 2.21. The second-order valence-electron chi connectivity index (χ2n) is 15.6. The van der Waals surface area contributed by atoms with E-state index in [1.54, 1.807) is 0 Å². The molecule has 4 heteroatoms. The largest absolute Gasteiger partial charge is 0.452 e. The van der Waals surface area contributed by atoms with Crippen LogP contribution in [0.25, 0.3) is 65.4 Å². The third-order valence-electron chi connectivity index (χ3n) is 12.1. The monoisotopic (exact) mass is 748 g/mol. The van der Waals surface area contributed by atoms with Gasteiger partial charge >= 0.3 is 0 Å². The Morgan fingerprint density at radius 1 is 0.328 bits per heavy atom. The van der Waals surface area contributed by atoms with Crippen LogP contribution in [0.5, 0.6) is 0 Å². The predicted molar refractivity (Wildman–Crippen MR) is 244 cm³/mol. The standard InChI is InChI=1S/C54H40N2O2/c1-33-13-11-19-49(35(33)3)55(41-15-7-5-8-16-41)43-23-21-37-29-47-45-25-26-46-48-30-38-22-24-44(56(42-17-9-6-10-18-42)50-20-12-14-34(2)36(50)4)28-40(38)32-52(48)58-54(46)53(45)57-51(47)31-39(37)27-43/h5-32H,1-4H3. The van der Waals surface area contributed by atoms with Gasteiger partial charge in [0.2, 0.25) is 0 Å². The number of anilines is 6. The number of aryl methyl sites for hydroxylation is 2. The third kappa shape index (κ3) is 5.37. The summed E-state index contributed by atoms with van der Waals surface area (Å²) >= 11 is 0. The van der Waals surface area contributed by atoms with Gasteiger partial charge in [-0.1, -0.05) is 72.8 Å². The first-order valence-electron chi connectivity index (χ1n) is 19.9. The summed E-state index contributed by atoms with van der Waals surface area (Å²) in [6, 6.07) is 60.9. The van der Waals surface area contributed by atoms with E-state index in [4.69, 9.17) is 8.83 Å². The van der Waals surface area contributed by atoms with E-state index < -0.39 is 0 Å². The first kappa shape index (κ1) is 34.0. The normalized spacial score (nSPS) is 11.8. The Balaban J connectivity index is 1.04. The molecule has 58 heavy (non-hydrogen) atoms. The molecule has 0 bridgehead atoms. The molecule has 0 radical (unpaired) electrons. The van der Waals surface area contributed by atoms with Gasteiger partial charge < -0.3 is 18.6 Å². The van der Waals surface area contributed by atoms with Crippen molar-refractivity contribution in [1.82, 2.24) is 0 Å². The first-order chi connectivity index (χ1) is 28.4. The minimum absolute atomic E-state index is 0.774. The molecule has 0 saturated carbocycles. The van der Waals surface area contributed by atoms with Gasteiger partial charge in [0.15, 0.2) is 11.2 Å². The van der Waals surface area contributed by atoms with Crippen LogP contribution in [0.2, 0.25) is 0 Å². The van der Waals surface area contributed by atoms with E-state index in [0.717, 1.165) is 88.2 Å². The van der Waals surface area contributed by atoms with Crippen molar-refractivity contribution in [3.8, 4) is 0 Å². The van der Waals surface area contributed by atoms with E-state index in [2.05, 4.69) is 207 Å². The molecule has 0 N–H and O–H groups in total. The van der Waals surface area contributed by atoms with Crippen LogP contribution in [-0.4, -0.2) is 0 Å². The molecule has 11 aromatic rings. The Labute approximate surface area is 336 Å². The lowest BCUT2D eigenvalue weighted by Gasteiger charge is -2.28. The number of furan rings is 2. The van der Waals surface area contributed by atoms with Gasteiger partial charge in [0.1, 0.15) is 11.2 Å². The van der Waals surface area contributed by atoms with Gasteiger partial charge in [0.25, 0.3) is 0 Å². The number of nitrogens with zero attached hydrogens (tertiary/aromatic N) is 2. The fraction of sp³-hybridized carbons (Fsp3) is 0.0741. The number of para-hydroxylation sites is 2. The Kier molecular flexibility index (Phi) is 7.70. The molecule has 0 aliphatic carbocycles. The van der Waals surface area contributed by atoms with Crippen LogP contribution in [0.3, 0.4) is 0 Å². The van der Waals surface area contributed by atoms with Crippen molar-refractivity contribution in [3.05, 3.63) is 192 Å². The lowest BCUT2D eigenvalue weighted by atomic mass is 10.0. The molecule has 4 nitrogen and oxygen atoms in total. The van der Waals surface area contributed by atoms with Gasteiger partial charge in [0, 0.05) is 55.7 Å². The zero-order valence-corrected chi connectivity index (χ0v) is 32.9. The molecule has 0 aliphatic rings. The molecule has 0 saturated heterocycles. The molecule has 278 valence electrons. The van der Waals surface area contributed by atoms with E-state index in [-0.39, 0.29) is 0 Å². The van der Waals surface area contributed by atoms with E-state index in [9.17, 15) is 0 Å². The van der Waals surface area contributed by atoms with E-state index in [1.807, 2.05) is 0 Å². The summed E-state index contributed by atoms with van der Waals surface area (Å²) in [5, 5.41) is 8.80. The molecule has 2 aromatic heterocycles. The van der Waals surface area contributed by atoms with Gasteiger partial charge in [-0.25, -0.2) is 0 Å². The smallest absolute Gasteiger partial charge is 0.178 e. The second-order valence-corrected chi connectivity index (χ2v) is 15.6. The Morgan fingerprint density at radius 2 is 0.759 bits per heavy atom. The maximum absolute atomic E-state index is 6.76. The number of benzene rings is 9. The lowest BCUT2D eigenvalue weighted by molar-refractivity contribution is 0.634. The Hall–Kier alpha value is -7.30. The zero-order valence-electron chi connectivity index (χ0n) is 32.9. The maximum Gasteiger partial charge on any atom is 0.178 e. The van der Waals surface area contributed by atoms with Crippen molar-refractivity contribution in [1.29, 1.82) is 0 Å². The topological polar surface area (TPSA) is 32.8 Å². The third-order valence-corrected chi connectivity index (χ3v) is 12.1. The number of hydrogen-bond acceptors (Lipinski definition) is 4. The number of fused-ring (bicyclic) bond motifs is 9. The highest BCUT2D eigenvalue weighted by Crippen LogP contribution is 2.44. The van der Waals surface area contributed by atoms with Crippen molar-refractivity contribution in [2.75, 3.05) is 9.80 Å². The SMILES string of the molecule is Cc1cccc(N(c2ccccc2)c2ccc3cc4c(cc3c2)oc2c4ccc3c4cc5ccc(N(c6ccccc6)c6cccc(C)c6C)cc5cc4oc32)c1C. The minimum atomic E-state index is 0.774. The lowest BCUT2D eigenvalue weighted by Crippen LogP contribution is -2.11. The van der Waals surface area contributed by atoms with Crippen molar-refractivity contribution < 1.29 is 8.83 Å². The van der Waals surface area contributed by atoms with Crippen LogP contribution in [0.15, 0.2) is 179 Å². The van der Waals surface area contributed by atoms with E-state index in [0.29, 0.717) is 0 Å². The molecule has 0 amide bonds.